The van der Waals surface area contributed by atoms with E-state index in [-0.39, 0.29) is 155 Å². The number of carbonyl (C=O) groups excluding carboxylic acids is 6. The Kier molecular flexibility index (Phi) is 25.5. The lowest BCUT2D eigenvalue weighted by Crippen LogP contribution is -2.61. The van der Waals surface area contributed by atoms with Crippen LogP contribution in [-0.4, -0.2) is 279 Å². The highest BCUT2D eigenvalue weighted by atomic mass is 16.7. The number of anilines is 2. The zero-order valence-electron chi connectivity index (χ0n) is 61.0. The average molecular weight is 1560 g/mol. The van der Waals surface area contributed by atoms with Gasteiger partial charge in [0.05, 0.1) is 86.3 Å². The van der Waals surface area contributed by atoms with Gasteiger partial charge in [-0.25, -0.2) is 29.0 Å². The molecule has 4 aromatic carbocycles. The number of ether oxygens (including phenoxy) is 11. The topological polar surface area (TPSA) is 502 Å². The van der Waals surface area contributed by atoms with Gasteiger partial charge in [-0.1, -0.05) is 36.4 Å². The molecule has 3 unspecified atom stereocenters. The monoisotopic (exact) mass is 1550 g/mol. The van der Waals surface area contributed by atoms with E-state index in [4.69, 9.17) is 52.1 Å². The summed E-state index contributed by atoms with van der Waals surface area (Å²) in [6.45, 7) is 11.2. The van der Waals surface area contributed by atoms with Crippen molar-refractivity contribution in [1.29, 1.82) is 0 Å². The number of aliphatic carboxylic acids is 2. The third-order valence-electron chi connectivity index (χ3n) is 19.8. The van der Waals surface area contributed by atoms with E-state index in [1.165, 1.54) is 98.0 Å². The van der Waals surface area contributed by atoms with Crippen LogP contribution in [0, 0.1) is 0 Å². The van der Waals surface area contributed by atoms with E-state index in [0.29, 0.717) is 30.4 Å². The van der Waals surface area contributed by atoms with Crippen molar-refractivity contribution in [2.45, 2.75) is 151 Å². The molecular formula is C73H88N9O29+. The summed E-state index contributed by atoms with van der Waals surface area (Å²) in [5.41, 5.74) is 0.659. The Balaban J connectivity index is 0.774. The second-order valence-electron chi connectivity index (χ2n) is 27.5. The fourth-order valence-corrected chi connectivity index (χ4v) is 13.7. The molecular weight excluding hydrogens is 1470 g/mol. The van der Waals surface area contributed by atoms with Gasteiger partial charge in [0.25, 0.3) is 23.6 Å². The number of carboxylic acids is 2. The lowest BCUT2D eigenvalue weighted by atomic mass is 9.99. The van der Waals surface area contributed by atoms with Crippen LogP contribution in [0.15, 0.2) is 108 Å². The molecule has 0 aliphatic carbocycles. The number of nitrogens with zero attached hydrogens (tertiary/aromatic N) is 7. The number of fused-ring (bicyclic) bond motifs is 4. The normalized spacial score (nSPS) is 26.6. The predicted octanol–water partition coefficient (Wildman–Crippen LogP) is 1.55. The van der Waals surface area contributed by atoms with Crippen molar-refractivity contribution in [2.24, 2.45) is 10.3 Å². The van der Waals surface area contributed by atoms with Gasteiger partial charge in [0.1, 0.15) is 86.3 Å². The van der Waals surface area contributed by atoms with E-state index >= 15 is 0 Å². The molecule has 12 N–H and O–H groups in total. The van der Waals surface area contributed by atoms with Gasteiger partial charge in [-0.15, -0.1) is 9.71 Å². The molecule has 0 aromatic heterocycles. The number of unbranched alkanes of at least 4 members (excludes halogenated alkanes) is 2. The van der Waals surface area contributed by atoms with E-state index in [1.807, 2.05) is 13.8 Å². The molecule has 11 rings (SSSR count). The van der Waals surface area contributed by atoms with Gasteiger partial charge in [0.2, 0.25) is 12.6 Å². The Bertz CT molecular complexity index is 4280. The van der Waals surface area contributed by atoms with Gasteiger partial charge >= 0.3 is 24.1 Å². The van der Waals surface area contributed by atoms with E-state index < -0.39 is 147 Å². The summed E-state index contributed by atoms with van der Waals surface area (Å²) in [6, 6.07) is 11.1. The smallest absolute Gasteiger partial charge is 0.416 e. The molecule has 4 fully saturated rings. The molecule has 111 heavy (non-hydrogen) atoms. The zero-order chi connectivity index (χ0) is 80.0. The molecule has 0 radical (unpaired) electrons. The fraction of sp³-hybridized carbons (Fsp3) is 0.479. The summed E-state index contributed by atoms with van der Waals surface area (Å²) in [6.07, 6.45) is -21.1. The number of aliphatic hydroxyl groups excluding tert-OH is 8. The number of carboxylic acid groups (broad SMARTS) is 2. The van der Waals surface area contributed by atoms with E-state index in [9.17, 15) is 89.4 Å². The summed E-state index contributed by atoms with van der Waals surface area (Å²) >= 11 is 0. The van der Waals surface area contributed by atoms with Crippen LogP contribution < -0.4 is 48.9 Å². The van der Waals surface area contributed by atoms with Crippen LogP contribution in [0.3, 0.4) is 0 Å². The molecule has 0 bridgehead atoms. The molecule has 4 aromatic rings. The van der Waals surface area contributed by atoms with Crippen molar-refractivity contribution in [2.75, 3.05) is 83.7 Å². The molecule has 4 saturated heterocycles. The van der Waals surface area contributed by atoms with Crippen molar-refractivity contribution < 1.29 is 146 Å². The van der Waals surface area contributed by atoms with Crippen LogP contribution in [0.5, 0.6) is 34.5 Å². The van der Waals surface area contributed by atoms with Crippen LogP contribution >= 0.6 is 0 Å². The first-order chi connectivity index (χ1) is 53.0. The lowest BCUT2D eigenvalue weighted by Gasteiger charge is -2.38. The van der Waals surface area contributed by atoms with Crippen molar-refractivity contribution in [3.8, 4) is 34.5 Å². The summed E-state index contributed by atoms with van der Waals surface area (Å²) < 4.78 is 63.0. The number of hydrogen-bond acceptors (Lipinski definition) is 29. The van der Waals surface area contributed by atoms with Gasteiger partial charge in [0.15, 0.2) is 47.7 Å². The van der Waals surface area contributed by atoms with Crippen LogP contribution in [0.2, 0.25) is 0 Å². The number of aliphatic hydroxyl groups is 8. The van der Waals surface area contributed by atoms with Gasteiger partial charge in [-0.3, -0.25) is 19.2 Å². The molecule has 7 heterocycles. The lowest BCUT2D eigenvalue weighted by molar-refractivity contribution is -0.906. The number of carbonyl (C=O) groups is 8. The number of nitrogens with one attached hydrogen (secondary N) is 2. The van der Waals surface area contributed by atoms with Crippen LogP contribution in [0.25, 0.3) is 0 Å². The Hall–Kier alpha value is -10.6. The van der Waals surface area contributed by atoms with E-state index in [1.54, 1.807) is 6.20 Å². The summed E-state index contributed by atoms with van der Waals surface area (Å²) in [5, 5.41) is 120. The fourth-order valence-electron chi connectivity index (χ4n) is 13.7. The largest absolute Gasteiger partial charge is 0.493 e. The summed E-state index contributed by atoms with van der Waals surface area (Å²) in [4.78, 5) is 114. The number of benzene rings is 4. The second-order valence-corrected chi connectivity index (χ2v) is 27.5. The number of quaternary nitrogens is 1. The molecule has 0 saturated carbocycles. The highest BCUT2D eigenvalue weighted by Gasteiger charge is 2.52. The van der Waals surface area contributed by atoms with Crippen LogP contribution in [0.1, 0.15) is 98.5 Å². The number of hydrogen-bond donors (Lipinski definition) is 12. The predicted molar refractivity (Wildman–Crippen MR) is 379 cm³/mol. The van der Waals surface area contributed by atoms with Gasteiger partial charge < -0.3 is 124 Å². The maximum atomic E-state index is 14.7. The SMILES string of the molecule is C=C1C[C@H]2C(O)N(C(=O)OCc3ccc(O[C@@H]4O[C@H](C(=O)O)[C@@H](O)[C@H](O)[C@H]4O)c(C(=O)NCCOC)c3)c3cc(OCCCCCOc4cc5c(cc4OC)C(=O)N4CC(=C)C[C@H]4C(O)N5C(=O)OCc4ccc(O[C@@H]5O[C@H](C(=O)O)[C@@H](O)[C@H](O)[C@H]5O)c(C(=O)NCC[N+]5(C(C)C)C=CN=N5)c4)c(OC)cc3C(=O)N2C1. The number of amides is 6. The van der Waals surface area contributed by atoms with Gasteiger partial charge in [0, 0.05) is 44.1 Å². The van der Waals surface area contributed by atoms with E-state index in [0.717, 1.165) is 9.80 Å². The minimum absolute atomic E-state index is 0.00222. The Morgan fingerprint density at radius 3 is 1.41 bits per heavy atom. The Morgan fingerprint density at radius 2 is 1.01 bits per heavy atom. The average Bonchev–Trinajstić information content (AvgIpc) is 1.63. The third-order valence-corrected chi connectivity index (χ3v) is 19.8. The standard InChI is InChI=1S/C73H87N9O29/c1-35(2)82(19-16-76-77-82)18-15-74-62(89)42-25-38(11-13-48(42)108-70-58(87)54(83)56(85)60(110-70)68(95)96)33-106-72(99)80-44-29-52(50(102-6)27-40(44)64(91)78-31-36(3)23-46(78)66(80)93)104-20-9-8-10-21-105-53-30-45-41(28-51(53)103-7)65(92)79-32-37(4)24-47(79)67(94)81(45)73(100)107-34-39-12-14-49(43(26-39)63(90)75-17-22-101-5)109-71-59(88)55(84)57(86)61(111-71)69(97)98/h11-14,16,19,25-30,35,46-47,54-61,66-67,70-71,83-88,93-94H,3-4,8-10,15,17-18,20-24,31-34H2,1-2,5-7H3,(H3-,74,75,89,90,95,96,97,98)/p+1/t46-,47-,54-,55-,56-,57-,58+,59+,60-,61-,66?,67?,70+,71+,82?/m0/s1. The first-order valence-corrected chi connectivity index (χ1v) is 35.4. The minimum atomic E-state index is -2.04. The molecule has 7 aliphatic rings. The highest BCUT2D eigenvalue weighted by Crippen LogP contribution is 2.45. The minimum Gasteiger partial charge on any atom is -0.493 e. The number of methoxy groups -OCH3 is 3. The van der Waals surface area contributed by atoms with Gasteiger partial charge in [-0.2, -0.15) is 0 Å². The molecule has 598 valence electrons. The zero-order valence-corrected chi connectivity index (χ0v) is 61.0. The van der Waals surface area contributed by atoms with Gasteiger partial charge in [-0.05, 0) is 93.5 Å². The molecule has 15 atom stereocenters. The maximum absolute atomic E-state index is 14.7. The molecule has 6 amide bonds. The first-order valence-electron chi connectivity index (χ1n) is 35.4. The molecule has 38 nitrogen and oxygen atoms in total. The molecule has 7 aliphatic heterocycles. The number of rotatable bonds is 29. The van der Waals surface area contributed by atoms with Crippen molar-refractivity contribution >= 4 is 59.1 Å². The van der Waals surface area contributed by atoms with Crippen molar-refractivity contribution in [1.82, 2.24) is 20.4 Å². The Labute approximate surface area is 633 Å². The van der Waals surface area contributed by atoms with E-state index in [2.05, 4.69) is 34.1 Å². The first kappa shape index (κ1) is 81.4. The Morgan fingerprint density at radius 1 is 0.568 bits per heavy atom. The van der Waals surface area contributed by atoms with Crippen molar-refractivity contribution in [3.05, 3.63) is 131 Å². The van der Waals surface area contributed by atoms with Crippen LogP contribution in [-0.2, 0) is 46.5 Å². The quantitative estimate of drug-likeness (QED) is 0.0208. The maximum Gasteiger partial charge on any atom is 0.416 e. The summed E-state index contributed by atoms with van der Waals surface area (Å²) in [5.74, 6) is -6.31. The van der Waals surface area contributed by atoms with Crippen LogP contribution in [0.4, 0.5) is 21.0 Å². The molecule has 38 heteroatoms. The second kappa shape index (κ2) is 34.7. The summed E-state index contributed by atoms with van der Waals surface area (Å²) in [7, 11) is 4.09. The third kappa shape index (κ3) is 17.2. The molecule has 0 spiro atoms. The van der Waals surface area contributed by atoms with Crippen molar-refractivity contribution in [3.63, 3.8) is 0 Å². The highest BCUT2D eigenvalue weighted by molar-refractivity contribution is 6.07.